The van der Waals surface area contributed by atoms with Crippen molar-refractivity contribution in [2.24, 2.45) is 10.9 Å². The van der Waals surface area contributed by atoms with Gasteiger partial charge in [-0.25, -0.2) is 26.7 Å². The van der Waals surface area contributed by atoms with Crippen LogP contribution in [0, 0.1) is 11.7 Å². The van der Waals surface area contributed by atoms with Gasteiger partial charge in [-0.1, -0.05) is 0 Å². The number of nitrogens with zero attached hydrogens (tertiary/aromatic N) is 4. The van der Waals surface area contributed by atoms with E-state index < -0.39 is 21.1 Å². The summed E-state index contributed by atoms with van der Waals surface area (Å²) in [6, 6.07) is 4.10. The zero-order valence-corrected chi connectivity index (χ0v) is 18.6. The van der Waals surface area contributed by atoms with Gasteiger partial charge in [0, 0.05) is 19.6 Å². The van der Waals surface area contributed by atoms with Gasteiger partial charge in [0.2, 0.25) is 15.8 Å². The predicted molar refractivity (Wildman–Crippen MR) is 111 cm³/mol. The van der Waals surface area contributed by atoms with Crippen LogP contribution in [0.3, 0.4) is 0 Å². The summed E-state index contributed by atoms with van der Waals surface area (Å²) in [6.07, 6.45) is 0.698. The molecule has 3 heterocycles. The summed E-state index contributed by atoms with van der Waals surface area (Å²) in [6.45, 7) is 1.77. The van der Waals surface area contributed by atoms with Crippen LogP contribution < -0.4 is 10.8 Å². The van der Waals surface area contributed by atoms with E-state index in [1.807, 2.05) is 5.48 Å². The van der Waals surface area contributed by atoms with Gasteiger partial charge in [0.15, 0.2) is 11.5 Å². The average molecular weight is 519 g/mol. The molecule has 1 aromatic carbocycles. The summed E-state index contributed by atoms with van der Waals surface area (Å²) in [5, 5.41) is 19.7. The number of amidine groups is 1. The minimum Gasteiger partial charge on any atom is -0.378 e. The molecule has 1 atom stereocenters. The molecular formula is C17H20BrFN6O5S. The number of hydrogen-bond acceptors (Lipinski definition) is 9. The van der Waals surface area contributed by atoms with Crippen molar-refractivity contribution in [1.82, 2.24) is 20.1 Å². The van der Waals surface area contributed by atoms with Crippen LogP contribution in [0.2, 0.25) is 0 Å². The van der Waals surface area contributed by atoms with Gasteiger partial charge in [-0.05, 0) is 56.8 Å². The number of anilines is 1. The highest BCUT2D eigenvalue weighted by Crippen LogP contribution is 2.26. The minimum atomic E-state index is -3.33. The second kappa shape index (κ2) is 9.16. The molecule has 4 rings (SSSR count). The molecular weight excluding hydrogens is 499 g/mol. The van der Waals surface area contributed by atoms with Crippen molar-refractivity contribution in [2.75, 3.05) is 38.2 Å². The van der Waals surface area contributed by atoms with Crippen molar-refractivity contribution < 1.29 is 27.4 Å². The maximum atomic E-state index is 13.4. The number of hydroxylamine groups is 1. The zero-order valence-electron chi connectivity index (χ0n) is 16.2. The molecule has 14 heteroatoms. The molecule has 1 aromatic heterocycles. The van der Waals surface area contributed by atoms with E-state index in [2.05, 4.69) is 36.6 Å². The SMILES string of the molecule is O=S(=O)(C1COC1)N1CCC(CNc2nonc2C(=Nc2ccc(F)c(Br)c2)NO)C1. The van der Waals surface area contributed by atoms with E-state index >= 15 is 0 Å². The monoisotopic (exact) mass is 518 g/mol. The Balaban J connectivity index is 1.41. The summed E-state index contributed by atoms with van der Waals surface area (Å²) < 4.78 is 49.9. The fourth-order valence-corrected chi connectivity index (χ4v) is 5.41. The number of benzene rings is 1. The first kappa shape index (κ1) is 22.1. The molecule has 11 nitrogen and oxygen atoms in total. The summed E-state index contributed by atoms with van der Waals surface area (Å²) in [7, 11) is -3.33. The Kier molecular flexibility index (Phi) is 6.52. The summed E-state index contributed by atoms with van der Waals surface area (Å²) in [5.41, 5.74) is 2.43. The molecule has 0 spiro atoms. The van der Waals surface area contributed by atoms with Crippen LogP contribution in [0.25, 0.3) is 0 Å². The predicted octanol–water partition coefficient (Wildman–Crippen LogP) is 1.49. The molecule has 0 amide bonds. The number of rotatable bonds is 7. The second-order valence-corrected chi connectivity index (χ2v) is 10.3. The molecule has 2 fully saturated rings. The lowest BCUT2D eigenvalue weighted by molar-refractivity contribution is 0.0394. The van der Waals surface area contributed by atoms with Gasteiger partial charge in [-0.15, -0.1) is 0 Å². The summed E-state index contributed by atoms with van der Waals surface area (Å²) in [5.74, 6) is -0.200. The van der Waals surface area contributed by atoms with Gasteiger partial charge in [0.25, 0.3) is 0 Å². The molecule has 31 heavy (non-hydrogen) atoms. The first-order valence-corrected chi connectivity index (χ1v) is 11.8. The van der Waals surface area contributed by atoms with Gasteiger partial charge in [-0.2, -0.15) is 0 Å². The number of aromatic nitrogens is 2. The number of nitrogens with one attached hydrogen (secondary N) is 2. The molecule has 0 saturated carbocycles. The van der Waals surface area contributed by atoms with E-state index in [9.17, 15) is 18.0 Å². The molecule has 2 aliphatic heterocycles. The third kappa shape index (κ3) is 4.72. The minimum absolute atomic E-state index is 0.0529. The van der Waals surface area contributed by atoms with Crippen LogP contribution in [-0.4, -0.2) is 72.2 Å². The Morgan fingerprint density at radius 3 is 2.87 bits per heavy atom. The summed E-state index contributed by atoms with van der Waals surface area (Å²) >= 11 is 3.08. The molecule has 3 N–H and O–H groups in total. The van der Waals surface area contributed by atoms with Gasteiger partial charge in [0.1, 0.15) is 11.1 Å². The van der Waals surface area contributed by atoms with E-state index in [1.54, 1.807) is 0 Å². The second-order valence-electron chi connectivity index (χ2n) is 7.23. The van der Waals surface area contributed by atoms with Crippen LogP contribution in [0.4, 0.5) is 15.9 Å². The number of ether oxygens (including phenoxy) is 1. The summed E-state index contributed by atoms with van der Waals surface area (Å²) in [4.78, 5) is 4.20. The van der Waals surface area contributed by atoms with E-state index in [0.29, 0.717) is 31.7 Å². The number of sulfonamides is 1. The smallest absolute Gasteiger partial charge is 0.221 e. The molecule has 2 aliphatic rings. The van der Waals surface area contributed by atoms with Crippen LogP contribution in [0.15, 0.2) is 32.3 Å². The van der Waals surface area contributed by atoms with Crippen LogP contribution in [-0.2, 0) is 14.8 Å². The Bertz CT molecular complexity index is 1080. The lowest BCUT2D eigenvalue weighted by atomic mass is 10.1. The van der Waals surface area contributed by atoms with Crippen molar-refractivity contribution in [3.05, 3.63) is 34.2 Å². The standard InChI is InChI=1S/C17H20BrFN6O5S/c18-13-5-11(1-2-14(13)19)21-17(22-26)15-16(24-30-23-15)20-6-10-3-4-25(7-10)31(27,28)12-8-29-9-12/h1-2,5,10,12,26H,3-4,6-9H2,(H,20,24)(H,21,22). The maximum Gasteiger partial charge on any atom is 0.221 e. The van der Waals surface area contributed by atoms with Crippen molar-refractivity contribution in [3.63, 3.8) is 0 Å². The molecule has 0 radical (unpaired) electrons. The van der Waals surface area contributed by atoms with Crippen molar-refractivity contribution in [1.29, 1.82) is 0 Å². The van der Waals surface area contributed by atoms with Gasteiger partial charge >= 0.3 is 0 Å². The fourth-order valence-electron chi connectivity index (χ4n) is 3.31. The lowest BCUT2D eigenvalue weighted by Crippen LogP contribution is -2.48. The number of hydrogen-bond donors (Lipinski definition) is 3. The molecule has 0 bridgehead atoms. The molecule has 2 aromatic rings. The molecule has 168 valence electrons. The van der Waals surface area contributed by atoms with E-state index in [1.165, 1.54) is 22.5 Å². The first-order chi connectivity index (χ1) is 14.9. The Labute approximate surface area is 185 Å². The fraction of sp³-hybridized carbons (Fsp3) is 0.471. The quantitative estimate of drug-likeness (QED) is 0.282. The third-order valence-electron chi connectivity index (χ3n) is 5.16. The van der Waals surface area contributed by atoms with E-state index in [4.69, 9.17) is 9.37 Å². The highest BCUT2D eigenvalue weighted by atomic mass is 79.9. The molecule has 2 saturated heterocycles. The van der Waals surface area contributed by atoms with Gasteiger partial charge in [0.05, 0.1) is 23.4 Å². The maximum absolute atomic E-state index is 13.4. The Morgan fingerprint density at radius 2 is 2.19 bits per heavy atom. The van der Waals surface area contributed by atoms with Crippen molar-refractivity contribution >= 4 is 43.3 Å². The largest absolute Gasteiger partial charge is 0.378 e. The van der Waals surface area contributed by atoms with Crippen molar-refractivity contribution in [3.8, 4) is 0 Å². The van der Waals surface area contributed by atoms with Crippen LogP contribution >= 0.6 is 15.9 Å². The van der Waals surface area contributed by atoms with Gasteiger partial charge in [-0.3, -0.25) is 10.7 Å². The highest BCUT2D eigenvalue weighted by molar-refractivity contribution is 9.10. The van der Waals surface area contributed by atoms with E-state index in [-0.39, 0.29) is 41.0 Å². The lowest BCUT2D eigenvalue weighted by Gasteiger charge is -2.30. The molecule has 1 unspecified atom stereocenters. The highest BCUT2D eigenvalue weighted by Gasteiger charge is 2.40. The Hall–Kier alpha value is -2.13. The number of halogens is 2. The third-order valence-corrected chi connectivity index (χ3v) is 7.93. The topological polar surface area (TPSA) is 142 Å². The zero-order chi connectivity index (χ0) is 22.0. The van der Waals surface area contributed by atoms with Crippen LogP contribution in [0.5, 0.6) is 0 Å². The Morgan fingerprint density at radius 1 is 1.39 bits per heavy atom. The van der Waals surface area contributed by atoms with E-state index in [0.717, 1.165) is 0 Å². The average Bonchev–Trinajstić information content (AvgIpc) is 3.35. The molecule has 0 aliphatic carbocycles. The van der Waals surface area contributed by atoms with Crippen LogP contribution in [0.1, 0.15) is 12.1 Å². The van der Waals surface area contributed by atoms with Gasteiger partial charge < -0.3 is 10.1 Å². The number of aliphatic imine (C=N–C) groups is 1. The first-order valence-electron chi connectivity index (χ1n) is 9.46. The van der Waals surface area contributed by atoms with Crippen molar-refractivity contribution in [2.45, 2.75) is 11.7 Å². The normalized spacial score (nSPS) is 20.6.